The number of halogens is 1. The number of amides is 1. The highest BCUT2D eigenvalue weighted by molar-refractivity contribution is 6.05. The van der Waals surface area contributed by atoms with E-state index in [-0.39, 0.29) is 12.5 Å². The molecule has 2 aromatic carbocycles. The molecule has 22 heavy (non-hydrogen) atoms. The number of para-hydroxylation sites is 1. The van der Waals surface area contributed by atoms with Crippen molar-refractivity contribution in [2.24, 2.45) is 0 Å². The Morgan fingerprint density at radius 3 is 2.86 bits per heavy atom. The first-order valence-electron chi connectivity index (χ1n) is 6.93. The molecule has 0 aliphatic heterocycles. The maximum atomic E-state index is 13.1. The molecule has 3 N–H and O–H groups in total. The highest BCUT2D eigenvalue weighted by Crippen LogP contribution is 2.17. The van der Waals surface area contributed by atoms with Gasteiger partial charge in [-0.2, -0.15) is 0 Å². The van der Waals surface area contributed by atoms with Crippen LogP contribution < -0.4 is 5.32 Å². The number of carbonyl (C=O) groups is 1. The van der Waals surface area contributed by atoms with Crippen molar-refractivity contribution in [2.75, 3.05) is 6.54 Å². The molecule has 0 radical (unpaired) electrons. The number of carbonyl (C=O) groups excluding carboxylic acids is 1. The van der Waals surface area contributed by atoms with Gasteiger partial charge in [0.25, 0.3) is 5.91 Å². The molecule has 0 fully saturated rings. The first kappa shape index (κ1) is 14.3. The summed E-state index contributed by atoms with van der Waals surface area (Å²) in [6, 6.07) is 13.0. The van der Waals surface area contributed by atoms with E-state index in [0.717, 1.165) is 10.9 Å². The summed E-state index contributed by atoms with van der Waals surface area (Å²) in [5.74, 6) is -0.706. The Labute approximate surface area is 126 Å². The van der Waals surface area contributed by atoms with Gasteiger partial charge in [0.2, 0.25) is 0 Å². The number of fused-ring (bicyclic) bond motifs is 1. The Balaban J connectivity index is 1.71. The molecule has 0 saturated heterocycles. The Bertz CT molecular complexity index is 813. The molecule has 0 spiro atoms. The number of rotatable bonds is 4. The van der Waals surface area contributed by atoms with E-state index in [9.17, 15) is 14.3 Å². The SMILES string of the molecule is O=C(NC[C@H](O)c1cccc(F)c1)c1cccc2cc[nH]c12. The van der Waals surface area contributed by atoms with E-state index in [0.29, 0.717) is 11.1 Å². The lowest BCUT2D eigenvalue weighted by molar-refractivity contribution is 0.0917. The third-order valence-corrected chi connectivity index (χ3v) is 3.52. The number of aliphatic hydroxyl groups excluding tert-OH is 1. The molecular weight excluding hydrogens is 283 g/mol. The predicted octanol–water partition coefficient (Wildman–Crippen LogP) is 2.77. The summed E-state index contributed by atoms with van der Waals surface area (Å²) in [6.45, 7) is 0.0133. The van der Waals surface area contributed by atoms with Gasteiger partial charge in [-0.3, -0.25) is 4.79 Å². The topological polar surface area (TPSA) is 65.1 Å². The van der Waals surface area contributed by atoms with E-state index in [1.165, 1.54) is 18.2 Å². The summed E-state index contributed by atoms with van der Waals surface area (Å²) in [5.41, 5.74) is 1.69. The average Bonchev–Trinajstić information content (AvgIpc) is 3.00. The van der Waals surface area contributed by atoms with Gasteiger partial charge in [0.1, 0.15) is 5.82 Å². The number of aromatic nitrogens is 1. The molecule has 1 aromatic heterocycles. The summed E-state index contributed by atoms with van der Waals surface area (Å²) < 4.78 is 13.1. The summed E-state index contributed by atoms with van der Waals surface area (Å²) in [4.78, 5) is 15.3. The number of nitrogens with one attached hydrogen (secondary N) is 2. The van der Waals surface area contributed by atoms with Crippen LogP contribution in [0.5, 0.6) is 0 Å². The Hall–Kier alpha value is -2.66. The standard InChI is InChI=1S/C17H15FN2O2/c18-13-5-1-4-12(9-13)15(21)10-20-17(22)14-6-2-3-11-7-8-19-16(11)14/h1-9,15,19,21H,10H2,(H,20,22)/t15-/m0/s1. The van der Waals surface area contributed by atoms with E-state index >= 15 is 0 Å². The third kappa shape index (κ3) is 2.84. The maximum Gasteiger partial charge on any atom is 0.253 e. The molecule has 0 aliphatic rings. The fourth-order valence-corrected chi connectivity index (χ4v) is 2.39. The molecule has 112 valence electrons. The van der Waals surface area contributed by atoms with Crippen molar-refractivity contribution in [2.45, 2.75) is 6.10 Å². The van der Waals surface area contributed by atoms with Crippen LogP contribution in [0.15, 0.2) is 54.7 Å². The lowest BCUT2D eigenvalue weighted by Crippen LogP contribution is -2.28. The molecule has 4 nitrogen and oxygen atoms in total. The van der Waals surface area contributed by atoms with Crippen molar-refractivity contribution in [3.8, 4) is 0 Å². The average molecular weight is 298 g/mol. The van der Waals surface area contributed by atoms with Crippen LogP contribution in [0, 0.1) is 5.82 Å². The highest BCUT2D eigenvalue weighted by atomic mass is 19.1. The van der Waals surface area contributed by atoms with Crippen molar-refractivity contribution < 1.29 is 14.3 Å². The highest BCUT2D eigenvalue weighted by Gasteiger charge is 2.13. The van der Waals surface area contributed by atoms with Crippen LogP contribution in [0.1, 0.15) is 22.0 Å². The zero-order chi connectivity index (χ0) is 15.5. The number of hydrogen-bond acceptors (Lipinski definition) is 2. The maximum absolute atomic E-state index is 13.1. The van der Waals surface area contributed by atoms with Crippen molar-refractivity contribution in [3.05, 3.63) is 71.7 Å². The molecule has 0 saturated carbocycles. The molecule has 1 amide bonds. The summed E-state index contributed by atoms with van der Waals surface area (Å²) in [5, 5.41) is 13.6. The molecule has 1 atom stereocenters. The van der Waals surface area contributed by atoms with Crippen LogP contribution in [-0.2, 0) is 0 Å². The van der Waals surface area contributed by atoms with E-state index in [4.69, 9.17) is 0 Å². The second-order valence-corrected chi connectivity index (χ2v) is 5.03. The second kappa shape index (κ2) is 5.99. The second-order valence-electron chi connectivity index (χ2n) is 5.03. The number of aliphatic hydroxyl groups is 1. The minimum absolute atomic E-state index is 0.0133. The molecule has 1 heterocycles. The van der Waals surface area contributed by atoms with E-state index in [2.05, 4.69) is 10.3 Å². The minimum atomic E-state index is -0.956. The lowest BCUT2D eigenvalue weighted by atomic mass is 10.1. The molecule has 5 heteroatoms. The predicted molar refractivity (Wildman–Crippen MR) is 82.0 cm³/mol. The molecule has 0 bridgehead atoms. The summed E-state index contributed by atoms with van der Waals surface area (Å²) in [7, 11) is 0. The van der Waals surface area contributed by atoms with Gasteiger partial charge in [0.15, 0.2) is 0 Å². The van der Waals surface area contributed by atoms with Crippen molar-refractivity contribution >= 4 is 16.8 Å². The number of aromatic amines is 1. The smallest absolute Gasteiger partial charge is 0.253 e. The molecule has 3 rings (SSSR count). The van der Waals surface area contributed by atoms with Gasteiger partial charge < -0.3 is 15.4 Å². The van der Waals surface area contributed by atoms with Gasteiger partial charge in [-0.15, -0.1) is 0 Å². The van der Waals surface area contributed by atoms with Crippen molar-refractivity contribution in [3.63, 3.8) is 0 Å². The van der Waals surface area contributed by atoms with Crippen molar-refractivity contribution in [1.82, 2.24) is 10.3 Å². The third-order valence-electron chi connectivity index (χ3n) is 3.52. The van der Waals surface area contributed by atoms with Gasteiger partial charge in [-0.1, -0.05) is 24.3 Å². The van der Waals surface area contributed by atoms with Crippen LogP contribution in [0.4, 0.5) is 4.39 Å². The first-order valence-corrected chi connectivity index (χ1v) is 6.93. The van der Waals surface area contributed by atoms with Gasteiger partial charge in [0.05, 0.1) is 17.2 Å². The Morgan fingerprint density at radius 1 is 1.23 bits per heavy atom. The zero-order valence-electron chi connectivity index (χ0n) is 11.7. The Kier molecular flexibility index (Phi) is 3.89. The number of H-pyrrole nitrogens is 1. The normalized spacial score (nSPS) is 12.3. The largest absolute Gasteiger partial charge is 0.387 e. The molecule has 0 unspecified atom stereocenters. The van der Waals surface area contributed by atoms with Crippen LogP contribution in [0.3, 0.4) is 0 Å². The van der Waals surface area contributed by atoms with E-state index in [1.54, 1.807) is 24.4 Å². The molecule has 3 aromatic rings. The summed E-state index contributed by atoms with van der Waals surface area (Å²) in [6.07, 6.45) is 0.811. The van der Waals surface area contributed by atoms with Crippen LogP contribution in [-0.4, -0.2) is 22.5 Å². The lowest BCUT2D eigenvalue weighted by Gasteiger charge is -2.12. The number of hydrogen-bond donors (Lipinski definition) is 3. The fraction of sp³-hybridized carbons (Fsp3) is 0.118. The van der Waals surface area contributed by atoms with Gasteiger partial charge >= 0.3 is 0 Å². The van der Waals surface area contributed by atoms with Gasteiger partial charge in [-0.25, -0.2) is 4.39 Å². The van der Waals surface area contributed by atoms with E-state index in [1.807, 2.05) is 12.1 Å². The van der Waals surface area contributed by atoms with Gasteiger partial charge in [-0.05, 0) is 29.8 Å². The quantitative estimate of drug-likeness (QED) is 0.693. The minimum Gasteiger partial charge on any atom is -0.387 e. The van der Waals surface area contributed by atoms with E-state index < -0.39 is 11.9 Å². The van der Waals surface area contributed by atoms with Crippen LogP contribution >= 0.6 is 0 Å². The zero-order valence-corrected chi connectivity index (χ0v) is 11.7. The Morgan fingerprint density at radius 2 is 2.05 bits per heavy atom. The monoisotopic (exact) mass is 298 g/mol. The van der Waals surface area contributed by atoms with Crippen molar-refractivity contribution in [1.29, 1.82) is 0 Å². The van der Waals surface area contributed by atoms with Crippen LogP contribution in [0.2, 0.25) is 0 Å². The van der Waals surface area contributed by atoms with Gasteiger partial charge in [0, 0.05) is 18.1 Å². The summed E-state index contributed by atoms with van der Waals surface area (Å²) >= 11 is 0. The van der Waals surface area contributed by atoms with Crippen LogP contribution in [0.25, 0.3) is 10.9 Å². The molecule has 0 aliphatic carbocycles. The first-order chi connectivity index (χ1) is 10.6. The fourth-order valence-electron chi connectivity index (χ4n) is 2.39. The molecular formula is C17H15FN2O2. The number of benzene rings is 2.